The van der Waals surface area contributed by atoms with E-state index < -0.39 is 0 Å². The number of ether oxygens (including phenoxy) is 1. The third kappa shape index (κ3) is 6.62. The molecule has 0 unspecified atom stereocenters. The number of amides is 1. The number of hydrogen-bond acceptors (Lipinski definition) is 4. The number of piperidine rings is 1. The number of carbonyl (C=O) groups excluding carboxylic acids is 1. The first-order chi connectivity index (χ1) is 18.1. The fourth-order valence-electron chi connectivity index (χ4n) is 5.00. The van der Waals surface area contributed by atoms with Crippen LogP contribution in [0.15, 0.2) is 83.7 Å². The molecule has 0 atom stereocenters. The standard InChI is InChI=1S/C29H31FN4O3.ClH/c30-24-12-10-23(11-13-24)21-32(20-22-6-2-1-3-7-22)18-19-37-29(36)33-16-14-25(15-17-33)34-27-9-5-4-8-26(27)31-28(34)35;/h1-13,25H,14-21H2,(H,31,35);1H. The van der Waals surface area contributed by atoms with E-state index in [-0.39, 0.29) is 42.7 Å². The van der Waals surface area contributed by atoms with E-state index in [0.29, 0.717) is 45.6 Å². The summed E-state index contributed by atoms with van der Waals surface area (Å²) in [4.78, 5) is 32.1. The number of nitrogens with zero attached hydrogens (tertiary/aromatic N) is 3. The maximum absolute atomic E-state index is 13.3. The second-order valence-electron chi connectivity index (χ2n) is 9.47. The van der Waals surface area contributed by atoms with E-state index in [2.05, 4.69) is 22.0 Å². The highest BCUT2D eigenvalue weighted by atomic mass is 35.5. The summed E-state index contributed by atoms with van der Waals surface area (Å²) in [5, 5.41) is 0. The molecule has 1 aromatic heterocycles. The smallest absolute Gasteiger partial charge is 0.409 e. The van der Waals surface area contributed by atoms with Crippen molar-refractivity contribution in [1.82, 2.24) is 19.4 Å². The van der Waals surface area contributed by atoms with Crippen LogP contribution >= 0.6 is 12.4 Å². The molecule has 7 nitrogen and oxygen atoms in total. The van der Waals surface area contributed by atoms with Crippen molar-refractivity contribution in [3.63, 3.8) is 0 Å². The maximum atomic E-state index is 13.3. The van der Waals surface area contributed by atoms with Gasteiger partial charge >= 0.3 is 11.8 Å². The Bertz CT molecular complexity index is 1380. The number of para-hydroxylation sites is 2. The lowest BCUT2D eigenvalue weighted by Gasteiger charge is -2.32. The van der Waals surface area contributed by atoms with Gasteiger partial charge in [0.2, 0.25) is 0 Å². The fraction of sp³-hybridized carbons (Fsp3) is 0.310. The summed E-state index contributed by atoms with van der Waals surface area (Å²) >= 11 is 0. The van der Waals surface area contributed by atoms with Crippen LogP contribution in [0.1, 0.15) is 30.0 Å². The summed E-state index contributed by atoms with van der Waals surface area (Å²) in [5.41, 5.74) is 3.77. The van der Waals surface area contributed by atoms with Gasteiger partial charge in [-0.3, -0.25) is 9.47 Å². The zero-order valence-corrected chi connectivity index (χ0v) is 21.9. The van der Waals surface area contributed by atoms with Gasteiger partial charge in [-0.1, -0.05) is 54.6 Å². The van der Waals surface area contributed by atoms with Crippen LogP contribution in [0.5, 0.6) is 0 Å². The summed E-state index contributed by atoms with van der Waals surface area (Å²) < 4.78 is 20.8. The van der Waals surface area contributed by atoms with Gasteiger partial charge in [0.1, 0.15) is 12.4 Å². The number of carbonyl (C=O) groups is 1. The molecule has 1 amide bonds. The number of likely N-dealkylation sites (tertiary alicyclic amines) is 1. The van der Waals surface area contributed by atoms with Gasteiger partial charge in [0.25, 0.3) is 0 Å². The molecule has 1 aliphatic rings. The molecule has 5 rings (SSSR count). The Hall–Kier alpha value is -3.62. The summed E-state index contributed by atoms with van der Waals surface area (Å²) in [5.74, 6) is -0.259. The van der Waals surface area contributed by atoms with Crippen molar-refractivity contribution >= 4 is 29.5 Å². The van der Waals surface area contributed by atoms with E-state index in [1.165, 1.54) is 12.1 Å². The SMILES string of the molecule is Cl.O=C(OCCN(Cc1ccccc1)Cc1ccc(F)cc1)N1CCC(n2c(=O)[nH]c3ccccc32)CC1. The van der Waals surface area contributed by atoms with Crippen LogP contribution in [0.25, 0.3) is 11.0 Å². The van der Waals surface area contributed by atoms with Crippen molar-refractivity contribution in [1.29, 1.82) is 0 Å². The second kappa shape index (κ2) is 12.8. The molecule has 38 heavy (non-hydrogen) atoms. The van der Waals surface area contributed by atoms with Crippen LogP contribution in [-0.2, 0) is 17.8 Å². The highest BCUT2D eigenvalue weighted by Crippen LogP contribution is 2.25. The zero-order valence-electron chi connectivity index (χ0n) is 21.1. The molecule has 0 radical (unpaired) electrons. The van der Waals surface area contributed by atoms with Gasteiger partial charge in [-0.2, -0.15) is 0 Å². The third-order valence-electron chi connectivity index (χ3n) is 6.91. The maximum Gasteiger partial charge on any atom is 0.409 e. The lowest BCUT2D eigenvalue weighted by Crippen LogP contribution is -2.41. The molecule has 4 aromatic rings. The van der Waals surface area contributed by atoms with E-state index >= 15 is 0 Å². The average Bonchev–Trinajstić information content (AvgIpc) is 3.26. The number of aromatic amines is 1. The molecule has 1 saturated heterocycles. The normalized spacial score (nSPS) is 14.0. The molecule has 1 aliphatic heterocycles. The molecule has 1 fully saturated rings. The minimum atomic E-state index is -0.328. The van der Waals surface area contributed by atoms with Crippen LogP contribution in [0.2, 0.25) is 0 Å². The molecule has 0 aliphatic carbocycles. The topological polar surface area (TPSA) is 70.6 Å². The summed E-state index contributed by atoms with van der Waals surface area (Å²) in [6, 6.07) is 24.3. The highest BCUT2D eigenvalue weighted by Gasteiger charge is 2.27. The second-order valence-corrected chi connectivity index (χ2v) is 9.47. The van der Waals surface area contributed by atoms with Crippen LogP contribution in [-0.4, -0.2) is 51.7 Å². The van der Waals surface area contributed by atoms with Crippen molar-refractivity contribution in [2.45, 2.75) is 32.0 Å². The molecule has 3 aromatic carbocycles. The number of nitrogens with one attached hydrogen (secondary N) is 1. The number of benzene rings is 3. The minimum Gasteiger partial charge on any atom is -0.448 e. The van der Waals surface area contributed by atoms with E-state index in [1.807, 2.05) is 47.0 Å². The van der Waals surface area contributed by atoms with Crippen molar-refractivity contribution < 1.29 is 13.9 Å². The number of H-pyrrole nitrogens is 1. The van der Waals surface area contributed by atoms with Crippen molar-refractivity contribution in [2.75, 3.05) is 26.2 Å². The molecular formula is C29H32ClFN4O3. The number of hydrogen-bond donors (Lipinski definition) is 1. The predicted molar refractivity (Wildman–Crippen MR) is 148 cm³/mol. The van der Waals surface area contributed by atoms with Gasteiger partial charge in [0.15, 0.2) is 0 Å². The van der Waals surface area contributed by atoms with Crippen LogP contribution in [0.4, 0.5) is 9.18 Å². The molecular weight excluding hydrogens is 507 g/mol. The van der Waals surface area contributed by atoms with Crippen LogP contribution in [0, 0.1) is 5.82 Å². The first kappa shape index (κ1) is 27.4. The third-order valence-corrected chi connectivity index (χ3v) is 6.91. The number of halogens is 2. The van der Waals surface area contributed by atoms with Gasteiger partial charge in [-0.05, 0) is 48.2 Å². The molecule has 2 heterocycles. The number of rotatable bonds is 8. The lowest BCUT2D eigenvalue weighted by molar-refractivity contribution is 0.0769. The van der Waals surface area contributed by atoms with Gasteiger partial charge in [-0.25, -0.2) is 14.0 Å². The van der Waals surface area contributed by atoms with E-state index in [0.717, 1.165) is 22.2 Å². The van der Waals surface area contributed by atoms with Crippen LogP contribution < -0.4 is 5.69 Å². The molecule has 0 spiro atoms. The first-order valence-electron chi connectivity index (χ1n) is 12.7. The minimum absolute atomic E-state index is 0. The van der Waals surface area contributed by atoms with E-state index in [1.54, 1.807) is 17.0 Å². The lowest BCUT2D eigenvalue weighted by atomic mass is 10.0. The Kier molecular flexibility index (Phi) is 9.20. The predicted octanol–water partition coefficient (Wildman–Crippen LogP) is 5.37. The molecule has 1 N–H and O–H groups in total. The van der Waals surface area contributed by atoms with Gasteiger partial charge in [-0.15, -0.1) is 12.4 Å². The quantitative estimate of drug-likeness (QED) is 0.327. The highest BCUT2D eigenvalue weighted by molar-refractivity contribution is 5.85. The Balaban J connectivity index is 0.00000336. The number of fused-ring (bicyclic) bond motifs is 1. The number of imidazole rings is 1. The Labute approximate surface area is 227 Å². The summed E-state index contributed by atoms with van der Waals surface area (Å²) in [7, 11) is 0. The Morgan fingerprint density at radius 3 is 2.26 bits per heavy atom. The Morgan fingerprint density at radius 1 is 0.921 bits per heavy atom. The zero-order chi connectivity index (χ0) is 25.6. The van der Waals surface area contributed by atoms with Gasteiger partial charge < -0.3 is 14.6 Å². The molecule has 9 heteroatoms. The fourth-order valence-corrected chi connectivity index (χ4v) is 5.00. The molecule has 0 bridgehead atoms. The molecule has 200 valence electrons. The monoisotopic (exact) mass is 538 g/mol. The van der Waals surface area contributed by atoms with Crippen molar-refractivity contribution in [3.8, 4) is 0 Å². The van der Waals surface area contributed by atoms with Gasteiger partial charge in [0.05, 0.1) is 11.0 Å². The van der Waals surface area contributed by atoms with Crippen LogP contribution in [0.3, 0.4) is 0 Å². The number of aromatic nitrogens is 2. The average molecular weight is 539 g/mol. The largest absolute Gasteiger partial charge is 0.448 e. The van der Waals surface area contributed by atoms with E-state index in [9.17, 15) is 14.0 Å². The van der Waals surface area contributed by atoms with E-state index in [4.69, 9.17) is 4.74 Å². The van der Waals surface area contributed by atoms with Gasteiger partial charge in [0, 0.05) is 38.8 Å². The summed E-state index contributed by atoms with van der Waals surface area (Å²) in [6.45, 7) is 3.21. The van der Waals surface area contributed by atoms with Crippen molar-refractivity contribution in [2.24, 2.45) is 0 Å². The molecule has 0 saturated carbocycles. The first-order valence-corrected chi connectivity index (χ1v) is 12.7. The summed E-state index contributed by atoms with van der Waals surface area (Å²) in [6.07, 6.45) is 1.06. The van der Waals surface area contributed by atoms with Crippen molar-refractivity contribution in [3.05, 3.63) is 106 Å². The Morgan fingerprint density at radius 2 is 1.55 bits per heavy atom.